The number of ketones is 1. The molecule has 0 fully saturated rings. The van der Waals surface area contributed by atoms with Crippen LogP contribution in [0.1, 0.15) is 15.9 Å². The van der Waals surface area contributed by atoms with Crippen LogP contribution in [-0.2, 0) is 14.8 Å². The van der Waals surface area contributed by atoms with Crippen LogP contribution in [0.3, 0.4) is 0 Å². The van der Waals surface area contributed by atoms with Crippen molar-refractivity contribution < 1.29 is 26.8 Å². The average Bonchev–Trinajstić information content (AvgIpc) is 2.74. The second-order valence-corrected chi connectivity index (χ2v) is 9.14. The third kappa shape index (κ3) is 5.49. The van der Waals surface area contributed by atoms with E-state index in [-0.39, 0.29) is 22.0 Å². The molecule has 1 amide bonds. The number of nitrogens with one attached hydrogen (secondary N) is 1. The van der Waals surface area contributed by atoms with Crippen molar-refractivity contribution in [3.05, 3.63) is 94.5 Å². The number of hydrogen-bond donors (Lipinski definition) is 1. The lowest BCUT2D eigenvalue weighted by Crippen LogP contribution is -2.37. The van der Waals surface area contributed by atoms with Gasteiger partial charge in [-0.3, -0.25) is 13.9 Å². The minimum absolute atomic E-state index is 0.107. The molecule has 0 unspecified atom stereocenters. The fourth-order valence-corrected chi connectivity index (χ4v) is 3.94. The van der Waals surface area contributed by atoms with Gasteiger partial charge in [-0.15, -0.1) is 0 Å². The maximum absolute atomic E-state index is 13.6. The van der Waals surface area contributed by atoms with Gasteiger partial charge in [0.05, 0.1) is 17.6 Å². The minimum Gasteiger partial charge on any atom is -0.324 e. The molecule has 0 saturated carbocycles. The smallest absolute Gasteiger partial charge is 0.245 e. The molecule has 166 valence electrons. The predicted octanol–water partition coefficient (Wildman–Crippen LogP) is 4.25. The number of hydrogen-bond acceptors (Lipinski definition) is 4. The van der Waals surface area contributed by atoms with Crippen molar-refractivity contribution in [2.24, 2.45) is 0 Å². The van der Waals surface area contributed by atoms with E-state index in [4.69, 9.17) is 11.6 Å². The molecule has 10 heteroatoms. The number of anilines is 2. The molecule has 0 radical (unpaired) electrons. The van der Waals surface area contributed by atoms with Gasteiger partial charge in [-0.05, 0) is 30.3 Å². The zero-order chi connectivity index (χ0) is 23.5. The molecular formula is C22H17ClF2N2O4S. The Labute approximate surface area is 188 Å². The predicted molar refractivity (Wildman–Crippen MR) is 119 cm³/mol. The maximum atomic E-state index is 13.6. The van der Waals surface area contributed by atoms with Crippen LogP contribution < -0.4 is 9.62 Å². The number of carbonyl (C=O) groups is 2. The summed E-state index contributed by atoms with van der Waals surface area (Å²) < 4.78 is 51.8. The molecule has 0 bridgehead atoms. The summed E-state index contributed by atoms with van der Waals surface area (Å²) in [4.78, 5) is 25.5. The van der Waals surface area contributed by atoms with Crippen LogP contribution in [0.15, 0.2) is 66.7 Å². The summed E-state index contributed by atoms with van der Waals surface area (Å²) in [7, 11) is -4.02. The Morgan fingerprint density at radius 2 is 1.66 bits per heavy atom. The third-order valence-corrected chi connectivity index (χ3v) is 5.79. The Morgan fingerprint density at radius 3 is 2.28 bits per heavy atom. The van der Waals surface area contributed by atoms with Gasteiger partial charge in [0.2, 0.25) is 15.9 Å². The number of carbonyl (C=O) groups excluding carboxylic acids is 2. The minimum atomic E-state index is -4.02. The molecule has 0 aromatic heterocycles. The van der Waals surface area contributed by atoms with Gasteiger partial charge < -0.3 is 5.32 Å². The summed E-state index contributed by atoms with van der Waals surface area (Å²) in [5.74, 6) is -3.62. The molecule has 32 heavy (non-hydrogen) atoms. The fraction of sp³-hybridized carbons (Fsp3) is 0.0909. The topological polar surface area (TPSA) is 83.6 Å². The molecule has 0 atom stereocenters. The van der Waals surface area contributed by atoms with Crippen molar-refractivity contribution in [3.8, 4) is 0 Å². The molecular weight excluding hydrogens is 462 g/mol. The van der Waals surface area contributed by atoms with Crippen LogP contribution in [0.4, 0.5) is 20.2 Å². The highest BCUT2D eigenvalue weighted by Gasteiger charge is 2.23. The monoisotopic (exact) mass is 478 g/mol. The van der Waals surface area contributed by atoms with E-state index in [0.29, 0.717) is 15.9 Å². The van der Waals surface area contributed by atoms with Crippen LogP contribution in [0, 0.1) is 11.6 Å². The van der Waals surface area contributed by atoms with Crippen LogP contribution in [0.25, 0.3) is 0 Å². The first kappa shape index (κ1) is 23.4. The van der Waals surface area contributed by atoms with Gasteiger partial charge in [-0.25, -0.2) is 17.2 Å². The SMILES string of the molecule is CS(=O)(=O)N(CC(=O)Nc1ccc(Cl)cc1C(=O)c1ccccc1)c1ccc(F)c(F)c1. The third-order valence-electron chi connectivity index (χ3n) is 4.42. The summed E-state index contributed by atoms with van der Waals surface area (Å²) in [6.45, 7) is -0.731. The lowest BCUT2D eigenvalue weighted by Gasteiger charge is -2.22. The van der Waals surface area contributed by atoms with E-state index in [1.165, 1.54) is 18.2 Å². The number of halogens is 3. The van der Waals surface area contributed by atoms with E-state index in [1.54, 1.807) is 30.3 Å². The van der Waals surface area contributed by atoms with E-state index in [9.17, 15) is 26.8 Å². The van der Waals surface area contributed by atoms with Crippen molar-refractivity contribution in [2.75, 3.05) is 22.4 Å². The highest BCUT2D eigenvalue weighted by Crippen LogP contribution is 2.25. The van der Waals surface area contributed by atoms with Gasteiger partial charge in [-0.1, -0.05) is 41.9 Å². The molecule has 0 heterocycles. The Hall–Kier alpha value is -3.30. The van der Waals surface area contributed by atoms with E-state index < -0.39 is 39.9 Å². The largest absolute Gasteiger partial charge is 0.324 e. The molecule has 0 saturated heterocycles. The lowest BCUT2D eigenvalue weighted by molar-refractivity contribution is -0.114. The molecule has 3 rings (SSSR count). The molecule has 3 aromatic carbocycles. The van der Waals surface area contributed by atoms with Crippen molar-refractivity contribution >= 4 is 44.7 Å². The molecule has 1 N–H and O–H groups in total. The molecule has 0 spiro atoms. The van der Waals surface area contributed by atoms with Gasteiger partial charge in [0.25, 0.3) is 0 Å². The van der Waals surface area contributed by atoms with E-state index in [2.05, 4.69) is 5.32 Å². The second-order valence-electron chi connectivity index (χ2n) is 6.80. The first-order valence-corrected chi connectivity index (χ1v) is 11.4. The number of amides is 1. The van der Waals surface area contributed by atoms with Crippen LogP contribution in [0.2, 0.25) is 5.02 Å². The normalized spacial score (nSPS) is 11.1. The summed E-state index contributed by atoms with van der Waals surface area (Å²) in [5.41, 5.74) is 0.367. The first-order valence-electron chi connectivity index (χ1n) is 9.18. The summed E-state index contributed by atoms with van der Waals surface area (Å²) in [6.07, 6.45) is 0.828. The number of benzene rings is 3. The average molecular weight is 479 g/mol. The van der Waals surface area contributed by atoms with Crippen molar-refractivity contribution in [1.29, 1.82) is 0 Å². The van der Waals surface area contributed by atoms with E-state index in [1.807, 2.05) is 0 Å². The van der Waals surface area contributed by atoms with Gasteiger partial charge >= 0.3 is 0 Å². The summed E-state index contributed by atoms with van der Waals surface area (Å²) in [6, 6.07) is 15.1. The Morgan fingerprint density at radius 1 is 0.969 bits per heavy atom. The Balaban J connectivity index is 1.89. The lowest BCUT2D eigenvalue weighted by atomic mass is 10.0. The van der Waals surface area contributed by atoms with Gasteiger partial charge in [0, 0.05) is 22.2 Å². The second kappa shape index (κ2) is 9.46. The van der Waals surface area contributed by atoms with Crippen LogP contribution >= 0.6 is 11.6 Å². The zero-order valence-corrected chi connectivity index (χ0v) is 18.3. The first-order chi connectivity index (χ1) is 15.1. The number of nitrogens with zero attached hydrogens (tertiary/aromatic N) is 1. The molecule has 0 aliphatic heterocycles. The Kier molecular flexibility index (Phi) is 6.90. The van der Waals surface area contributed by atoms with Gasteiger partial charge in [-0.2, -0.15) is 0 Å². The van der Waals surface area contributed by atoms with Crippen molar-refractivity contribution in [3.63, 3.8) is 0 Å². The standard InChI is InChI=1S/C22H17ClF2N2O4S/c1-32(30,31)27(16-8-9-18(24)19(25)12-16)13-21(28)26-20-10-7-15(23)11-17(20)22(29)14-5-3-2-4-6-14/h2-12H,13H2,1H3,(H,26,28). The van der Waals surface area contributed by atoms with Crippen molar-refractivity contribution in [1.82, 2.24) is 0 Å². The van der Waals surface area contributed by atoms with E-state index >= 15 is 0 Å². The van der Waals surface area contributed by atoms with Gasteiger partial charge in [0.1, 0.15) is 6.54 Å². The fourth-order valence-electron chi connectivity index (χ4n) is 2.92. The van der Waals surface area contributed by atoms with Crippen molar-refractivity contribution in [2.45, 2.75) is 0 Å². The highest BCUT2D eigenvalue weighted by atomic mass is 35.5. The molecule has 3 aromatic rings. The molecule has 0 aliphatic rings. The number of rotatable bonds is 7. The van der Waals surface area contributed by atoms with Gasteiger partial charge in [0.15, 0.2) is 17.4 Å². The maximum Gasteiger partial charge on any atom is 0.245 e. The van der Waals surface area contributed by atoms with Crippen LogP contribution in [0.5, 0.6) is 0 Å². The highest BCUT2D eigenvalue weighted by molar-refractivity contribution is 7.92. The quantitative estimate of drug-likeness (QED) is 0.514. The summed E-state index contributed by atoms with van der Waals surface area (Å²) in [5, 5.41) is 2.76. The molecule has 6 nitrogen and oxygen atoms in total. The number of sulfonamides is 1. The van der Waals surface area contributed by atoms with E-state index in [0.717, 1.165) is 18.4 Å². The summed E-state index contributed by atoms with van der Waals surface area (Å²) >= 11 is 6.02. The molecule has 0 aliphatic carbocycles. The zero-order valence-electron chi connectivity index (χ0n) is 16.7. The Bertz CT molecular complexity index is 1280. The van der Waals surface area contributed by atoms with Crippen LogP contribution in [-0.4, -0.2) is 32.9 Å².